The van der Waals surface area contributed by atoms with Crippen LogP contribution in [0.15, 0.2) is 23.2 Å². The van der Waals surface area contributed by atoms with Crippen molar-refractivity contribution in [1.82, 2.24) is 0 Å². The summed E-state index contributed by atoms with van der Waals surface area (Å²) in [5, 5.41) is 0. The van der Waals surface area contributed by atoms with Gasteiger partial charge in [0.25, 0.3) is 0 Å². The third-order valence-electron chi connectivity index (χ3n) is 3.11. The normalized spacial score (nSPS) is 16.1. The summed E-state index contributed by atoms with van der Waals surface area (Å²) in [5.41, 5.74) is 1.66. The van der Waals surface area contributed by atoms with Gasteiger partial charge in [-0.3, -0.25) is 0 Å². The Hall–Kier alpha value is -1.64. The lowest BCUT2D eigenvalue weighted by molar-refractivity contribution is 0.181. The van der Waals surface area contributed by atoms with Crippen molar-refractivity contribution in [3.05, 3.63) is 29.3 Å². The molecule has 1 aliphatic carbocycles. The Morgan fingerprint density at radius 3 is 2.71 bits per heavy atom. The molecule has 0 bridgehead atoms. The van der Waals surface area contributed by atoms with E-state index in [1.54, 1.807) is 20.3 Å². The summed E-state index contributed by atoms with van der Waals surface area (Å²) in [6.45, 7) is 0.507. The zero-order valence-corrected chi connectivity index (χ0v) is 10.0. The number of rotatable bonds is 5. The molecule has 17 heavy (non-hydrogen) atoms. The number of ether oxygens (including phenoxy) is 2. The van der Waals surface area contributed by atoms with Crippen LogP contribution in [0.4, 0.5) is 0 Å². The monoisotopic (exact) mass is 233 g/mol. The minimum Gasteiger partial charge on any atom is -0.496 e. The summed E-state index contributed by atoms with van der Waals surface area (Å²) in [4.78, 5) is 14.3. The number of hydrogen-bond donors (Lipinski definition) is 0. The Bertz CT molecular complexity index is 460. The van der Waals surface area contributed by atoms with E-state index in [-0.39, 0.29) is 5.54 Å². The van der Waals surface area contributed by atoms with E-state index in [0.717, 1.165) is 29.7 Å². The van der Waals surface area contributed by atoms with Crippen LogP contribution < -0.4 is 4.74 Å². The molecule has 0 unspecified atom stereocenters. The maximum Gasteiger partial charge on any atom is 0.235 e. The van der Waals surface area contributed by atoms with Crippen LogP contribution in [0.3, 0.4) is 0 Å². The molecule has 1 fully saturated rings. The van der Waals surface area contributed by atoms with E-state index in [0.29, 0.717) is 6.61 Å². The standard InChI is InChI=1S/C13H15NO3/c1-16-8-10-3-4-11(7-12(10)17-2)13(5-6-13)14-9-15/h3-4,7H,5-6,8H2,1-2H3. The summed E-state index contributed by atoms with van der Waals surface area (Å²) in [6, 6.07) is 5.87. The molecule has 0 radical (unpaired) electrons. The molecule has 4 heteroatoms. The molecule has 2 rings (SSSR count). The van der Waals surface area contributed by atoms with Gasteiger partial charge in [0.15, 0.2) is 0 Å². The first-order valence-electron chi connectivity index (χ1n) is 5.51. The lowest BCUT2D eigenvalue weighted by Crippen LogP contribution is -2.04. The maximum atomic E-state index is 10.4. The van der Waals surface area contributed by atoms with Crippen molar-refractivity contribution < 1.29 is 14.3 Å². The predicted molar refractivity (Wildman–Crippen MR) is 62.7 cm³/mol. The zero-order valence-electron chi connectivity index (χ0n) is 10.0. The smallest absolute Gasteiger partial charge is 0.235 e. The van der Waals surface area contributed by atoms with Crippen LogP contribution >= 0.6 is 0 Å². The number of hydrogen-bond acceptors (Lipinski definition) is 4. The van der Waals surface area contributed by atoms with Crippen LogP contribution in [0.1, 0.15) is 24.0 Å². The number of isocyanates is 1. The predicted octanol–water partition coefficient (Wildman–Crippen LogP) is 2.17. The van der Waals surface area contributed by atoms with Gasteiger partial charge in [0.1, 0.15) is 5.75 Å². The minimum atomic E-state index is -0.347. The molecule has 1 aromatic rings. The Kier molecular flexibility index (Phi) is 3.27. The number of aliphatic imine (C=N–C) groups is 1. The molecule has 0 spiro atoms. The zero-order chi connectivity index (χ0) is 12.3. The maximum absolute atomic E-state index is 10.4. The second kappa shape index (κ2) is 4.70. The molecule has 1 aromatic carbocycles. The Balaban J connectivity index is 2.35. The number of nitrogens with zero attached hydrogens (tertiary/aromatic N) is 1. The third-order valence-corrected chi connectivity index (χ3v) is 3.11. The molecular formula is C13H15NO3. The van der Waals surface area contributed by atoms with Crippen molar-refractivity contribution in [3.63, 3.8) is 0 Å². The van der Waals surface area contributed by atoms with Gasteiger partial charge in [0.05, 0.1) is 19.3 Å². The fourth-order valence-corrected chi connectivity index (χ4v) is 1.98. The second-order valence-electron chi connectivity index (χ2n) is 4.19. The second-order valence-corrected chi connectivity index (χ2v) is 4.19. The van der Waals surface area contributed by atoms with Crippen LogP contribution in [0.25, 0.3) is 0 Å². The van der Waals surface area contributed by atoms with Gasteiger partial charge in [-0.1, -0.05) is 12.1 Å². The van der Waals surface area contributed by atoms with Gasteiger partial charge in [0.2, 0.25) is 6.08 Å². The van der Waals surface area contributed by atoms with E-state index >= 15 is 0 Å². The molecule has 0 saturated heterocycles. The van der Waals surface area contributed by atoms with Crippen molar-refractivity contribution >= 4 is 6.08 Å². The van der Waals surface area contributed by atoms with Gasteiger partial charge in [-0.2, -0.15) is 4.99 Å². The van der Waals surface area contributed by atoms with Gasteiger partial charge in [0, 0.05) is 12.7 Å². The lowest BCUT2D eigenvalue weighted by Gasteiger charge is -2.13. The summed E-state index contributed by atoms with van der Waals surface area (Å²) in [7, 11) is 3.27. The lowest BCUT2D eigenvalue weighted by atomic mass is 10.0. The average molecular weight is 233 g/mol. The van der Waals surface area contributed by atoms with Crippen LogP contribution in [0.5, 0.6) is 5.75 Å². The van der Waals surface area contributed by atoms with Crippen LogP contribution in [0.2, 0.25) is 0 Å². The molecule has 1 aliphatic rings. The molecule has 0 aromatic heterocycles. The van der Waals surface area contributed by atoms with E-state index in [2.05, 4.69) is 4.99 Å². The number of carbonyl (C=O) groups excluding carboxylic acids is 1. The van der Waals surface area contributed by atoms with E-state index in [9.17, 15) is 4.79 Å². The van der Waals surface area contributed by atoms with E-state index in [1.165, 1.54) is 0 Å². The molecule has 0 N–H and O–H groups in total. The largest absolute Gasteiger partial charge is 0.496 e. The van der Waals surface area contributed by atoms with Crippen molar-refractivity contribution in [3.8, 4) is 5.75 Å². The summed E-state index contributed by atoms with van der Waals surface area (Å²) < 4.78 is 10.4. The summed E-state index contributed by atoms with van der Waals surface area (Å²) in [5.74, 6) is 0.775. The van der Waals surface area contributed by atoms with Crippen molar-refractivity contribution in [2.45, 2.75) is 25.0 Å². The highest BCUT2D eigenvalue weighted by Gasteiger charge is 2.45. The highest BCUT2D eigenvalue weighted by molar-refractivity contribution is 5.45. The van der Waals surface area contributed by atoms with Crippen molar-refractivity contribution in [1.29, 1.82) is 0 Å². The van der Waals surface area contributed by atoms with Gasteiger partial charge < -0.3 is 9.47 Å². The third kappa shape index (κ3) is 2.23. The van der Waals surface area contributed by atoms with E-state index < -0.39 is 0 Å². The van der Waals surface area contributed by atoms with Crippen molar-refractivity contribution in [2.24, 2.45) is 4.99 Å². The SMILES string of the molecule is COCc1ccc(C2(N=C=O)CC2)cc1OC. The highest BCUT2D eigenvalue weighted by Crippen LogP contribution is 2.50. The first-order valence-corrected chi connectivity index (χ1v) is 5.51. The minimum absolute atomic E-state index is 0.347. The fraction of sp³-hybridized carbons (Fsp3) is 0.462. The number of benzene rings is 1. The highest BCUT2D eigenvalue weighted by atomic mass is 16.5. The van der Waals surface area contributed by atoms with Crippen LogP contribution in [0, 0.1) is 0 Å². The Morgan fingerprint density at radius 1 is 1.41 bits per heavy atom. The molecule has 4 nitrogen and oxygen atoms in total. The Morgan fingerprint density at radius 2 is 2.18 bits per heavy atom. The first kappa shape index (κ1) is 11.8. The quantitative estimate of drug-likeness (QED) is 0.578. The number of methoxy groups -OCH3 is 2. The molecule has 0 heterocycles. The summed E-state index contributed by atoms with van der Waals surface area (Å²) in [6.07, 6.45) is 3.45. The molecular weight excluding hydrogens is 218 g/mol. The topological polar surface area (TPSA) is 47.9 Å². The molecule has 0 amide bonds. The van der Waals surface area contributed by atoms with Crippen LogP contribution in [-0.4, -0.2) is 20.3 Å². The molecule has 1 saturated carbocycles. The van der Waals surface area contributed by atoms with Crippen molar-refractivity contribution in [2.75, 3.05) is 14.2 Å². The molecule has 0 aliphatic heterocycles. The fourth-order valence-electron chi connectivity index (χ4n) is 1.98. The Labute approximate surface area is 100 Å². The van der Waals surface area contributed by atoms with Gasteiger partial charge in [-0.15, -0.1) is 0 Å². The average Bonchev–Trinajstić information content (AvgIpc) is 3.11. The van der Waals surface area contributed by atoms with Gasteiger partial charge in [-0.25, -0.2) is 4.79 Å². The van der Waals surface area contributed by atoms with Gasteiger partial charge >= 0.3 is 0 Å². The van der Waals surface area contributed by atoms with E-state index in [1.807, 2.05) is 18.2 Å². The first-order chi connectivity index (χ1) is 8.25. The molecule has 0 atom stereocenters. The summed E-state index contributed by atoms with van der Waals surface area (Å²) >= 11 is 0. The van der Waals surface area contributed by atoms with Crippen LogP contribution in [-0.2, 0) is 21.7 Å². The van der Waals surface area contributed by atoms with Gasteiger partial charge in [-0.05, 0) is 24.5 Å². The molecule has 90 valence electrons. The van der Waals surface area contributed by atoms with E-state index in [4.69, 9.17) is 9.47 Å².